The first-order valence-electron chi connectivity index (χ1n) is 4.24. The summed E-state index contributed by atoms with van der Waals surface area (Å²) in [6.45, 7) is 3.42. The van der Waals surface area contributed by atoms with E-state index >= 15 is 0 Å². The minimum Gasteiger partial charge on any atom is -0.385 e. The van der Waals surface area contributed by atoms with E-state index in [2.05, 4.69) is 5.32 Å². The number of carbonyl (C=O) groups is 1. The minimum atomic E-state index is -0.305. The zero-order chi connectivity index (χ0) is 9.40. The molecule has 0 bridgehead atoms. The molecule has 0 heterocycles. The SMILES string of the molecule is CCCNC(CCOC)C(N)=O. The lowest BCUT2D eigenvalue weighted by Crippen LogP contribution is -2.42. The number of hydrogen-bond donors (Lipinski definition) is 2. The fourth-order valence-electron chi connectivity index (χ4n) is 0.899. The van der Waals surface area contributed by atoms with Gasteiger partial charge in [-0.1, -0.05) is 6.92 Å². The summed E-state index contributed by atoms with van der Waals surface area (Å²) in [7, 11) is 1.61. The maximum Gasteiger partial charge on any atom is 0.234 e. The van der Waals surface area contributed by atoms with Crippen LogP contribution in [-0.4, -0.2) is 32.2 Å². The van der Waals surface area contributed by atoms with Gasteiger partial charge in [-0.2, -0.15) is 0 Å². The van der Waals surface area contributed by atoms with Crippen LogP contribution < -0.4 is 11.1 Å². The molecule has 0 spiro atoms. The van der Waals surface area contributed by atoms with Crippen molar-refractivity contribution < 1.29 is 9.53 Å². The molecule has 0 fully saturated rings. The highest BCUT2D eigenvalue weighted by atomic mass is 16.5. The number of nitrogens with one attached hydrogen (secondary N) is 1. The van der Waals surface area contributed by atoms with E-state index in [0.717, 1.165) is 13.0 Å². The molecular weight excluding hydrogens is 156 g/mol. The third kappa shape index (κ3) is 5.09. The molecule has 0 radical (unpaired) electrons. The van der Waals surface area contributed by atoms with Gasteiger partial charge in [0.2, 0.25) is 5.91 Å². The minimum absolute atomic E-state index is 0.245. The van der Waals surface area contributed by atoms with Crippen molar-refractivity contribution >= 4 is 5.91 Å². The second-order valence-electron chi connectivity index (χ2n) is 2.69. The molecule has 12 heavy (non-hydrogen) atoms. The van der Waals surface area contributed by atoms with Crippen LogP contribution in [0.25, 0.3) is 0 Å². The largest absolute Gasteiger partial charge is 0.385 e. The van der Waals surface area contributed by atoms with E-state index in [0.29, 0.717) is 13.0 Å². The smallest absolute Gasteiger partial charge is 0.234 e. The predicted molar refractivity (Wildman–Crippen MR) is 47.8 cm³/mol. The Balaban J connectivity index is 3.62. The lowest BCUT2D eigenvalue weighted by atomic mass is 10.2. The maximum absolute atomic E-state index is 10.8. The number of methoxy groups -OCH3 is 1. The number of carbonyl (C=O) groups excluding carboxylic acids is 1. The van der Waals surface area contributed by atoms with Crippen molar-refractivity contribution in [3.05, 3.63) is 0 Å². The summed E-state index contributed by atoms with van der Waals surface area (Å²) in [5, 5.41) is 3.05. The number of hydrogen-bond acceptors (Lipinski definition) is 3. The Kier molecular flexibility index (Phi) is 6.70. The highest BCUT2D eigenvalue weighted by Crippen LogP contribution is 1.91. The summed E-state index contributed by atoms with van der Waals surface area (Å²) in [6.07, 6.45) is 1.64. The summed E-state index contributed by atoms with van der Waals surface area (Å²) in [6, 6.07) is -0.245. The second-order valence-corrected chi connectivity index (χ2v) is 2.69. The van der Waals surface area contributed by atoms with Crippen LogP contribution in [0, 0.1) is 0 Å². The molecule has 0 rings (SSSR count). The Labute approximate surface area is 73.5 Å². The van der Waals surface area contributed by atoms with E-state index in [-0.39, 0.29) is 11.9 Å². The van der Waals surface area contributed by atoms with Gasteiger partial charge in [-0.05, 0) is 19.4 Å². The summed E-state index contributed by atoms with van der Waals surface area (Å²) < 4.78 is 4.85. The number of primary amides is 1. The molecule has 0 aromatic carbocycles. The Bertz CT molecular complexity index is 120. The van der Waals surface area contributed by atoms with Gasteiger partial charge in [-0.3, -0.25) is 4.79 Å². The summed E-state index contributed by atoms with van der Waals surface area (Å²) >= 11 is 0. The molecule has 1 amide bonds. The number of rotatable bonds is 7. The zero-order valence-corrected chi connectivity index (χ0v) is 7.80. The lowest BCUT2D eigenvalue weighted by Gasteiger charge is -2.13. The molecule has 1 atom stereocenters. The molecule has 1 unspecified atom stereocenters. The molecular formula is C8H18N2O2. The Hall–Kier alpha value is -0.610. The van der Waals surface area contributed by atoms with Crippen LogP contribution in [0.3, 0.4) is 0 Å². The lowest BCUT2D eigenvalue weighted by molar-refractivity contribution is -0.120. The monoisotopic (exact) mass is 174 g/mol. The molecule has 4 heteroatoms. The van der Waals surface area contributed by atoms with E-state index in [4.69, 9.17) is 10.5 Å². The van der Waals surface area contributed by atoms with Crippen molar-refractivity contribution in [1.82, 2.24) is 5.32 Å². The maximum atomic E-state index is 10.8. The van der Waals surface area contributed by atoms with Crippen molar-refractivity contribution in [2.24, 2.45) is 5.73 Å². The zero-order valence-electron chi connectivity index (χ0n) is 7.80. The van der Waals surface area contributed by atoms with E-state index in [1.165, 1.54) is 0 Å². The molecule has 0 saturated heterocycles. The Morgan fingerprint density at radius 3 is 2.75 bits per heavy atom. The predicted octanol–water partition coefficient (Wildman–Crippen LogP) is -0.124. The average Bonchev–Trinajstić information content (AvgIpc) is 2.04. The van der Waals surface area contributed by atoms with Crippen LogP contribution in [0.1, 0.15) is 19.8 Å². The second kappa shape index (κ2) is 7.06. The summed E-state index contributed by atoms with van der Waals surface area (Å²) in [5.74, 6) is -0.305. The van der Waals surface area contributed by atoms with Crippen LogP contribution in [0.5, 0.6) is 0 Å². The van der Waals surface area contributed by atoms with E-state index in [1.807, 2.05) is 6.92 Å². The summed E-state index contributed by atoms with van der Waals surface area (Å²) in [5.41, 5.74) is 5.16. The number of amides is 1. The first-order valence-corrected chi connectivity index (χ1v) is 4.24. The Morgan fingerprint density at radius 1 is 1.67 bits per heavy atom. The fraction of sp³-hybridized carbons (Fsp3) is 0.875. The van der Waals surface area contributed by atoms with Gasteiger partial charge < -0.3 is 15.8 Å². The highest BCUT2D eigenvalue weighted by molar-refractivity contribution is 5.79. The van der Waals surface area contributed by atoms with Gasteiger partial charge in [0.15, 0.2) is 0 Å². The van der Waals surface area contributed by atoms with Gasteiger partial charge in [0, 0.05) is 13.7 Å². The van der Waals surface area contributed by atoms with Gasteiger partial charge in [-0.15, -0.1) is 0 Å². The van der Waals surface area contributed by atoms with Crippen molar-refractivity contribution in [3.8, 4) is 0 Å². The number of nitrogens with two attached hydrogens (primary N) is 1. The van der Waals surface area contributed by atoms with Gasteiger partial charge in [-0.25, -0.2) is 0 Å². The average molecular weight is 174 g/mol. The molecule has 0 aliphatic carbocycles. The highest BCUT2D eigenvalue weighted by Gasteiger charge is 2.12. The molecule has 72 valence electrons. The van der Waals surface area contributed by atoms with Crippen LogP contribution in [0.15, 0.2) is 0 Å². The molecule has 0 aromatic heterocycles. The van der Waals surface area contributed by atoms with Crippen LogP contribution in [0.4, 0.5) is 0 Å². The quantitative estimate of drug-likeness (QED) is 0.565. The van der Waals surface area contributed by atoms with Crippen molar-refractivity contribution in [3.63, 3.8) is 0 Å². The summed E-state index contributed by atoms with van der Waals surface area (Å²) in [4.78, 5) is 10.8. The molecule has 3 N–H and O–H groups in total. The van der Waals surface area contributed by atoms with Gasteiger partial charge >= 0.3 is 0 Å². The third-order valence-corrected chi connectivity index (χ3v) is 1.59. The van der Waals surface area contributed by atoms with Crippen molar-refractivity contribution in [1.29, 1.82) is 0 Å². The fourth-order valence-corrected chi connectivity index (χ4v) is 0.899. The van der Waals surface area contributed by atoms with Crippen molar-refractivity contribution in [2.45, 2.75) is 25.8 Å². The van der Waals surface area contributed by atoms with Crippen molar-refractivity contribution in [2.75, 3.05) is 20.3 Å². The molecule has 0 aromatic rings. The van der Waals surface area contributed by atoms with Crippen LogP contribution >= 0.6 is 0 Å². The van der Waals surface area contributed by atoms with Gasteiger partial charge in [0.05, 0.1) is 6.04 Å². The van der Waals surface area contributed by atoms with E-state index < -0.39 is 0 Å². The first kappa shape index (κ1) is 11.4. The molecule has 4 nitrogen and oxygen atoms in total. The topological polar surface area (TPSA) is 64.3 Å². The molecule has 0 saturated carbocycles. The van der Waals surface area contributed by atoms with Crippen LogP contribution in [0.2, 0.25) is 0 Å². The first-order chi connectivity index (χ1) is 5.72. The standard InChI is InChI=1S/C8H18N2O2/c1-3-5-10-7(8(9)11)4-6-12-2/h7,10H,3-6H2,1-2H3,(H2,9,11). The van der Waals surface area contributed by atoms with E-state index in [9.17, 15) is 4.79 Å². The van der Waals surface area contributed by atoms with Gasteiger partial charge in [0.25, 0.3) is 0 Å². The normalized spacial score (nSPS) is 12.8. The van der Waals surface area contributed by atoms with E-state index in [1.54, 1.807) is 7.11 Å². The third-order valence-electron chi connectivity index (χ3n) is 1.59. The van der Waals surface area contributed by atoms with Gasteiger partial charge in [0.1, 0.15) is 0 Å². The Morgan fingerprint density at radius 2 is 2.33 bits per heavy atom. The van der Waals surface area contributed by atoms with Crippen LogP contribution in [-0.2, 0) is 9.53 Å². The number of ether oxygens (including phenoxy) is 1. The molecule has 0 aliphatic heterocycles. The molecule has 0 aliphatic rings.